The van der Waals surface area contributed by atoms with Crippen LogP contribution in [-0.4, -0.2) is 50.0 Å². The van der Waals surface area contributed by atoms with Crippen LogP contribution in [0.1, 0.15) is 15.9 Å². The molecule has 7 nitrogen and oxygen atoms in total. The Morgan fingerprint density at radius 1 is 1.00 bits per heavy atom. The van der Waals surface area contributed by atoms with Crippen LogP contribution in [0, 0.1) is 0 Å². The Bertz CT molecular complexity index is 1280. The molecule has 5 rings (SSSR count). The fraction of sp³-hybridized carbons (Fsp3) is 0.185. The highest BCUT2D eigenvalue weighted by Gasteiger charge is 2.26. The van der Waals surface area contributed by atoms with Crippen LogP contribution in [0.25, 0.3) is 6.08 Å². The van der Waals surface area contributed by atoms with Gasteiger partial charge in [-0.2, -0.15) is 0 Å². The predicted octanol–water partition coefficient (Wildman–Crippen LogP) is 4.68. The number of amides is 2. The van der Waals surface area contributed by atoms with E-state index in [1.165, 1.54) is 0 Å². The Kier molecular flexibility index (Phi) is 6.33. The second-order valence-corrected chi connectivity index (χ2v) is 8.74. The van der Waals surface area contributed by atoms with E-state index >= 15 is 0 Å². The molecule has 2 aliphatic heterocycles. The van der Waals surface area contributed by atoms with Crippen LogP contribution in [0.4, 0.5) is 11.4 Å². The van der Waals surface area contributed by atoms with Gasteiger partial charge in [0.25, 0.3) is 11.8 Å². The van der Waals surface area contributed by atoms with Crippen molar-refractivity contribution < 1.29 is 19.1 Å². The smallest absolute Gasteiger partial charge is 0.291 e. The zero-order valence-electron chi connectivity index (χ0n) is 19.2. The number of fused-ring (bicyclic) bond motifs is 1. The van der Waals surface area contributed by atoms with E-state index in [2.05, 4.69) is 10.2 Å². The lowest BCUT2D eigenvalue weighted by Crippen LogP contribution is -2.48. The summed E-state index contributed by atoms with van der Waals surface area (Å²) in [4.78, 5) is 29.8. The summed E-state index contributed by atoms with van der Waals surface area (Å²) in [5, 5.41) is 3.45. The maximum atomic E-state index is 13.1. The number of methoxy groups -OCH3 is 1. The normalized spacial score (nSPS) is 16.4. The van der Waals surface area contributed by atoms with Crippen molar-refractivity contribution in [3.05, 3.63) is 88.6 Å². The first kappa shape index (κ1) is 22.8. The molecule has 0 aliphatic carbocycles. The number of nitrogens with one attached hydrogen (secondary N) is 1. The van der Waals surface area contributed by atoms with Crippen molar-refractivity contribution in [2.24, 2.45) is 0 Å². The first-order chi connectivity index (χ1) is 17.0. The molecule has 2 aliphatic rings. The van der Waals surface area contributed by atoms with Gasteiger partial charge in [-0.1, -0.05) is 23.7 Å². The number of benzene rings is 3. The van der Waals surface area contributed by atoms with Gasteiger partial charge in [0.15, 0.2) is 11.5 Å². The minimum atomic E-state index is -0.370. The Labute approximate surface area is 208 Å². The lowest BCUT2D eigenvalue weighted by molar-refractivity contribution is -0.115. The Morgan fingerprint density at radius 3 is 2.40 bits per heavy atom. The third-order valence-electron chi connectivity index (χ3n) is 6.09. The highest BCUT2D eigenvalue weighted by atomic mass is 35.5. The van der Waals surface area contributed by atoms with Crippen molar-refractivity contribution >= 4 is 40.9 Å². The molecule has 0 atom stereocenters. The number of carbonyl (C=O) groups excluding carboxylic acids is 2. The SMILES string of the molecule is COc1ccc(N2CCN(C(=O)c3ccc4c(c3)NC(=O)C(=Cc3ccc(Cl)cc3)O4)CC2)cc1. The van der Waals surface area contributed by atoms with E-state index in [1.807, 2.05) is 29.2 Å². The summed E-state index contributed by atoms with van der Waals surface area (Å²) in [6, 6.07) is 20.1. The van der Waals surface area contributed by atoms with Crippen molar-refractivity contribution in [2.75, 3.05) is 43.5 Å². The van der Waals surface area contributed by atoms with Gasteiger partial charge in [-0.25, -0.2) is 0 Å². The lowest BCUT2D eigenvalue weighted by Gasteiger charge is -2.36. The first-order valence-corrected chi connectivity index (χ1v) is 11.7. The van der Waals surface area contributed by atoms with Crippen molar-refractivity contribution in [3.63, 3.8) is 0 Å². The van der Waals surface area contributed by atoms with E-state index in [0.29, 0.717) is 35.1 Å². The van der Waals surface area contributed by atoms with E-state index in [4.69, 9.17) is 21.1 Å². The summed E-state index contributed by atoms with van der Waals surface area (Å²) in [5.74, 6) is 1.04. The molecule has 1 saturated heterocycles. The van der Waals surface area contributed by atoms with Crippen molar-refractivity contribution in [2.45, 2.75) is 0 Å². The molecule has 0 saturated carbocycles. The molecule has 1 N–H and O–H groups in total. The summed E-state index contributed by atoms with van der Waals surface area (Å²) in [6.07, 6.45) is 1.65. The van der Waals surface area contributed by atoms with Crippen LogP contribution in [0.2, 0.25) is 5.02 Å². The fourth-order valence-corrected chi connectivity index (χ4v) is 4.27. The quantitative estimate of drug-likeness (QED) is 0.539. The highest BCUT2D eigenvalue weighted by Crippen LogP contribution is 2.33. The van der Waals surface area contributed by atoms with E-state index in [-0.39, 0.29) is 17.6 Å². The van der Waals surface area contributed by atoms with Gasteiger partial charge in [-0.15, -0.1) is 0 Å². The number of anilines is 2. The summed E-state index contributed by atoms with van der Waals surface area (Å²) in [6.45, 7) is 2.70. The molecule has 178 valence electrons. The van der Waals surface area contributed by atoms with Gasteiger partial charge in [0.2, 0.25) is 0 Å². The molecule has 35 heavy (non-hydrogen) atoms. The van der Waals surface area contributed by atoms with E-state index in [9.17, 15) is 9.59 Å². The number of rotatable bonds is 4. The van der Waals surface area contributed by atoms with Crippen LogP contribution < -0.4 is 19.7 Å². The average molecular weight is 490 g/mol. The number of hydrogen-bond acceptors (Lipinski definition) is 5. The minimum Gasteiger partial charge on any atom is -0.497 e. The topological polar surface area (TPSA) is 71.1 Å². The molecule has 0 aromatic heterocycles. The zero-order chi connectivity index (χ0) is 24.4. The first-order valence-electron chi connectivity index (χ1n) is 11.3. The summed E-state index contributed by atoms with van der Waals surface area (Å²) in [5.41, 5.74) is 2.89. The van der Waals surface area contributed by atoms with Crippen molar-refractivity contribution in [1.29, 1.82) is 0 Å². The van der Waals surface area contributed by atoms with Gasteiger partial charge in [0.05, 0.1) is 12.8 Å². The number of ether oxygens (including phenoxy) is 2. The van der Waals surface area contributed by atoms with Gasteiger partial charge in [0, 0.05) is 42.5 Å². The molecule has 0 spiro atoms. The molecule has 3 aromatic rings. The maximum absolute atomic E-state index is 13.1. The molecule has 2 amide bonds. The predicted molar refractivity (Wildman–Crippen MR) is 136 cm³/mol. The molecule has 8 heteroatoms. The third-order valence-corrected chi connectivity index (χ3v) is 6.34. The van der Waals surface area contributed by atoms with Crippen LogP contribution in [0.3, 0.4) is 0 Å². The van der Waals surface area contributed by atoms with Crippen LogP contribution in [0.15, 0.2) is 72.5 Å². The average Bonchev–Trinajstić information content (AvgIpc) is 2.90. The summed E-state index contributed by atoms with van der Waals surface area (Å²) in [7, 11) is 1.65. The Morgan fingerprint density at radius 2 is 1.71 bits per heavy atom. The van der Waals surface area contributed by atoms with Gasteiger partial charge < -0.3 is 24.6 Å². The number of piperazine rings is 1. The maximum Gasteiger partial charge on any atom is 0.291 e. The van der Waals surface area contributed by atoms with Crippen LogP contribution in [-0.2, 0) is 4.79 Å². The van der Waals surface area contributed by atoms with E-state index in [1.54, 1.807) is 55.7 Å². The lowest BCUT2D eigenvalue weighted by atomic mass is 10.1. The summed E-state index contributed by atoms with van der Waals surface area (Å²) < 4.78 is 11.0. The largest absolute Gasteiger partial charge is 0.497 e. The van der Waals surface area contributed by atoms with Crippen molar-refractivity contribution in [1.82, 2.24) is 4.90 Å². The monoisotopic (exact) mass is 489 g/mol. The van der Waals surface area contributed by atoms with Crippen molar-refractivity contribution in [3.8, 4) is 11.5 Å². The Balaban J connectivity index is 1.25. The van der Waals surface area contributed by atoms with Gasteiger partial charge >= 0.3 is 0 Å². The van der Waals surface area contributed by atoms with Crippen LogP contribution >= 0.6 is 11.6 Å². The second kappa shape index (κ2) is 9.72. The molecule has 0 unspecified atom stereocenters. The molecule has 3 aromatic carbocycles. The number of nitrogens with zero attached hydrogens (tertiary/aromatic N) is 2. The van der Waals surface area contributed by atoms with Crippen LogP contribution in [0.5, 0.6) is 11.5 Å². The molecule has 2 heterocycles. The Hall–Kier alpha value is -3.97. The minimum absolute atomic E-state index is 0.0704. The highest BCUT2D eigenvalue weighted by molar-refractivity contribution is 6.30. The molecule has 0 bridgehead atoms. The van der Waals surface area contributed by atoms with E-state index < -0.39 is 0 Å². The van der Waals surface area contributed by atoms with Gasteiger partial charge in [-0.05, 0) is 66.2 Å². The number of halogens is 1. The number of carbonyl (C=O) groups is 2. The van der Waals surface area contributed by atoms with E-state index in [0.717, 1.165) is 30.1 Å². The van der Waals surface area contributed by atoms with Gasteiger partial charge in [-0.3, -0.25) is 9.59 Å². The molecule has 1 fully saturated rings. The number of hydrogen-bond donors (Lipinski definition) is 1. The van der Waals surface area contributed by atoms with Gasteiger partial charge in [0.1, 0.15) is 5.75 Å². The molecular formula is C27H24ClN3O4. The molecule has 0 radical (unpaired) electrons. The summed E-state index contributed by atoms with van der Waals surface area (Å²) >= 11 is 5.92. The molecular weight excluding hydrogens is 466 g/mol. The second-order valence-electron chi connectivity index (χ2n) is 8.30. The standard InChI is InChI=1S/C27H24ClN3O4/c1-34-22-9-7-21(8-10-22)30-12-14-31(15-13-30)27(33)19-4-11-24-23(17-19)29-26(32)25(35-24)16-18-2-5-20(28)6-3-18/h2-11,16-17H,12-15H2,1H3,(H,29,32). The zero-order valence-corrected chi connectivity index (χ0v) is 19.9. The fourth-order valence-electron chi connectivity index (χ4n) is 4.15. The third kappa shape index (κ3) is 4.95.